The van der Waals surface area contributed by atoms with E-state index in [0.717, 1.165) is 42.7 Å². The standard InChI is InChI=1S/C34H41F/c1-3-4-6-11-33-23-18-29(25-34(33)35)13-12-27-14-19-31(20-15-27)32-21-16-28(17-22-32)24-26(2)30-9-7-5-8-10-30/h3-5,7-10,14-15,18-20,23,25-26,28,32H,6,11-13,16-17,21-22,24H2,1-2H3/b4-3+/t26-,28?,32?/m0/s1. The van der Waals surface area contributed by atoms with E-state index < -0.39 is 0 Å². The van der Waals surface area contributed by atoms with E-state index in [9.17, 15) is 4.39 Å². The van der Waals surface area contributed by atoms with E-state index >= 15 is 0 Å². The number of halogens is 1. The van der Waals surface area contributed by atoms with Crippen LogP contribution in [0.25, 0.3) is 0 Å². The van der Waals surface area contributed by atoms with Gasteiger partial charge in [0, 0.05) is 0 Å². The molecule has 3 aromatic rings. The van der Waals surface area contributed by atoms with Crippen LogP contribution in [0.1, 0.15) is 92.0 Å². The van der Waals surface area contributed by atoms with E-state index in [4.69, 9.17) is 0 Å². The number of hydrogen-bond acceptors (Lipinski definition) is 0. The normalized spacial score (nSPS) is 19.2. The minimum Gasteiger partial charge on any atom is -0.207 e. The number of hydrogen-bond donors (Lipinski definition) is 0. The SMILES string of the molecule is C/C=C/CCc1ccc(CCc2ccc(C3CCC(C[C@H](C)c4ccccc4)CC3)cc2)cc1F. The summed E-state index contributed by atoms with van der Waals surface area (Å²) in [6.07, 6.45) is 14.3. The molecule has 0 nitrogen and oxygen atoms in total. The summed E-state index contributed by atoms with van der Waals surface area (Å²) in [7, 11) is 0. The molecule has 1 fully saturated rings. The van der Waals surface area contributed by atoms with Crippen molar-refractivity contribution in [3.63, 3.8) is 0 Å². The average molecular weight is 469 g/mol. The van der Waals surface area contributed by atoms with Gasteiger partial charge in [0.2, 0.25) is 0 Å². The first-order valence-electron chi connectivity index (χ1n) is 13.6. The van der Waals surface area contributed by atoms with Crippen LogP contribution in [0.15, 0.2) is 84.9 Å². The Labute approximate surface area is 212 Å². The molecule has 3 aromatic carbocycles. The molecular formula is C34H41F. The van der Waals surface area contributed by atoms with E-state index in [1.807, 2.05) is 19.1 Å². The van der Waals surface area contributed by atoms with Crippen molar-refractivity contribution >= 4 is 0 Å². The van der Waals surface area contributed by atoms with Gasteiger partial charge in [0.1, 0.15) is 5.82 Å². The molecule has 0 bridgehead atoms. The monoisotopic (exact) mass is 468 g/mol. The lowest BCUT2D eigenvalue weighted by atomic mass is 9.75. The van der Waals surface area contributed by atoms with Gasteiger partial charge in [-0.2, -0.15) is 0 Å². The van der Waals surface area contributed by atoms with Crippen molar-refractivity contribution in [2.75, 3.05) is 0 Å². The van der Waals surface area contributed by atoms with Crippen LogP contribution in [0.2, 0.25) is 0 Å². The zero-order chi connectivity index (χ0) is 24.5. The van der Waals surface area contributed by atoms with Crippen LogP contribution in [0.5, 0.6) is 0 Å². The van der Waals surface area contributed by atoms with Gasteiger partial charge in [0.15, 0.2) is 0 Å². The second-order valence-electron chi connectivity index (χ2n) is 10.5. The molecule has 4 rings (SSSR count). The smallest absolute Gasteiger partial charge is 0.126 e. The Hall–Kier alpha value is -2.67. The molecule has 1 saturated carbocycles. The summed E-state index contributed by atoms with van der Waals surface area (Å²) in [6.45, 7) is 4.39. The molecule has 1 aliphatic rings. The van der Waals surface area contributed by atoms with Crippen molar-refractivity contribution in [1.29, 1.82) is 0 Å². The highest BCUT2D eigenvalue weighted by molar-refractivity contribution is 5.29. The fourth-order valence-electron chi connectivity index (χ4n) is 5.75. The maximum atomic E-state index is 14.4. The Balaban J connectivity index is 1.23. The van der Waals surface area contributed by atoms with Gasteiger partial charge in [-0.3, -0.25) is 0 Å². The largest absolute Gasteiger partial charge is 0.207 e. The highest BCUT2D eigenvalue weighted by Gasteiger charge is 2.24. The lowest BCUT2D eigenvalue weighted by Gasteiger charge is -2.30. The zero-order valence-electron chi connectivity index (χ0n) is 21.6. The van der Waals surface area contributed by atoms with Crippen LogP contribution < -0.4 is 0 Å². The number of rotatable bonds is 10. The van der Waals surface area contributed by atoms with Gasteiger partial charge in [0.05, 0.1) is 0 Å². The minimum absolute atomic E-state index is 0.0592. The third-order valence-corrected chi connectivity index (χ3v) is 7.99. The van der Waals surface area contributed by atoms with Crippen LogP contribution in [0, 0.1) is 11.7 Å². The third kappa shape index (κ3) is 7.40. The topological polar surface area (TPSA) is 0 Å². The van der Waals surface area contributed by atoms with Gasteiger partial charge in [-0.1, -0.05) is 85.8 Å². The van der Waals surface area contributed by atoms with Crippen molar-refractivity contribution < 1.29 is 4.39 Å². The first-order chi connectivity index (χ1) is 17.1. The van der Waals surface area contributed by atoms with Crippen molar-refractivity contribution in [3.8, 4) is 0 Å². The van der Waals surface area contributed by atoms with Gasteiger partial charge in [-0.05, 0) is 116 Å². The second kappa shape index (κ2) is 12.9. The fourth-order valence-corrected chi connectivity index (χ4v) is 5.75. The molecule has 0 N–H and O–H groups in total. The number of aryl methyl sites for hydroxylation is 3. The highest BCUT2D eigenvalue weighted by atomic mass is 19.1. The quantitative estimate of drug-likeness (QED) is 0.260. The predicted molar refractivity (Wildman–Crippen MR) is 148 cm³/mol. The second-order valence-corrected chi connectivity index (χ2v) is 10.5. The lowest BCUT2D eigenvalue weighted by molar-refractivity contribution is 0.297. The Morgan fingerprint density at radius 2 is 1.51 bits per heavy atom. The zero-order valence-corrected chi connectivity index (χ0v) is 21.6. The molecule has 1 aliphatic carbocycles. The first-order valence-corrected chi connectivity index (χ1v) is 13.6. The van der Waals surface area contributed by atoms with Crippen LogP contribution in [0.3, 0.4) is 0 Å². The van der Waals surface area contributed by atoms with E-state index in [1.54, 1.807) is 6.07 Å². The maximum Gasteiger partial charge on any atom is 0.126 e. The molecule has 0 amide bonds. The molecule has 1 heteroatoms. The van der Waals surface area contributed by atoms with Gasteiger partial charge < -0.3 is 0 Å². The van der Waals surface area contributed by atoms with Crippen molar-refractivity contribution in [3.05, 3.63) is 119 Å². The van der Waals surface area contributed by atoms with Crippen LogP contribution in [-0.4, -0.2) is 0 Å². The van der Waals surface area contributed by atoms with Crippen molar-refractivity contribution in [1.82, 2.24) is 0 Å². The molecule has 0 aliphatic heterocycles. The summed E-state index contributed by atoms with van der Waals surface area (Å²) >= 11 is 0. The molecule has 1 atom stereocenters. The molecular weight excluding hydrogens is 427 g/mol. The van der Waals surface area contributed by atoms with Crippen molar-refractivity contribution in [2.45, 2.75) is 83.5 Å². The molecule has 184 valence electrons. The van der Waals surface area contributed by atoms with E-state index in [2.05, 4.69) is 73.7 Å². The molecule has 0 aromatic heterocycles. The minimum atomic E-state index is -0.0592. The summed E-state index contributed by atoms with van der Waals surface area (Å²) in [4.78, 5) is 0. The Bertz CT molecular complexity index is 1060. The Morgan fingerprint density at radius 1 is 0.829 bits per heavy atom. The van der Waals surface area contributed by atoms with Crippen LogP contribution in [0.4, 0.5) is 4.39 Å². The summed E-state index contributed by atoms with van der Waals surface area (Å²) in [6, 6.07) is 26.0. The number of allylic oxidation sites excluding steroid dienone is 2. The van der Waals surface area contributed by atoms with Gasteiger partial charge in [-0.15, -0.1) is 0 Å². The maximum absolute atomic E-state index is 14.4. The summed E-state index contributed by atoms with van der Waals surface area (Å²) < 4.78 is 14.4. The summed E-state index contributed by atoms with van der Waals surface area (Å²) in [5.74, 6) is 2.16. The fraction of sp³-hybridized carbons (Fsp3) is 0.412. The first kappa shape index (κ1) is 25.4. The number of benzene rings is 3. The highest BCUT2D eigenvalue weighted by Crippen LogP contribution is 2.39. The van der Waals surface area contributed by atoms with E-state index in [1.165, 1.54) is 48.8 Å². The Morgan fingerprint density at radius 3 is 2.20 bits per heavy atom. The molecule has 0 unspecified atom stereocenters. The molecule has 0 heterocycles. The Kier molecular flexibility index (Phi) is 9.35. The van der Waals surface area contributed by atoms with E-state index in [0.29, 0.717) is 11.8 Å². The summed E-state index contributed by atoms with van der Waals surface area (Å²) in [5.41, 5.74) is 6.23. The predicted octanol–water partition coefficient (Wildman–Crippen LogP) is 9.59. The third-order valence-electron chi connectivity index (χ3n) is 7.99. The van der Waals surface area contributed by atoms with Gasteiger partial charge >= 0.3 is 0 Å². The van der Waals surface area contributed by atoms with Crippen LogP contribution in [-0.2, 0) is 19.3 Å². The van der Waals surface area contributed by atoms with Gasteiger partial charge in [-0.25, -0.2) is 4.39 Å². The van der Waals surface area contributed by atoms with Crippen molar-refractivity contribution in [2.24, 2.45) is 5.92 Å². The van der Waals surface area contributed by atoms with Gasteiger partial charge in [0.25, 0.3) is 0 Å². The molecule has 0 saturated heterocycles. The summed E-state index contributed by atoms with van der Waals surface area (Å²) in [5, 5.41) is 0. The van der Waals surface area contributed by atoms with Crippen LogP contribution >= 0.6 is 0 Å². The molecule has 0 spiro atoms. The lowest BCUT2D eigenvalue weighted by Crippen LogP contribution is -2.15. The molecule has 35 heavy (non-hydrogen) atoms. The van der Waals surface area contributed by atoms with E-state index in [-0.39, 0.29) is 5.82 Å². The molecule has 0 radical (unpaired) electrons. The average Bonchev–Trinajstić information content (AvgIpc) is 2.90.